The van der Waals surface area contributed by atoms with Crippen molar-refractivity contribution in [3.8, 4) is 0 Å². The van der Waals surface area contributed by atoms with Crippen molar-refractivity contribution in [3.63, 3.8) is 0 Å². The van der Waals surface area contributed by atoms with E-state index in [1.807, 2.05) is 6.07 Å². The molecule has 0 aromatic heterocycles. The van der Waals surface area contributed by atoms with Gasteiger partial charge in [0.15, 0.2) is 6.04 Å². The van der Waals surface area contributed by atoms with Gasteiger partial charge in [-0.25, -0.2) is 4.79 Å². The number of carboxylic acids is 1. The van der Waals surface area contributed by atoms with E-state index in [0.717, 1.165) is 0 Å². The lowest BCUT2D eigenvalue weighted by Gasteiger charge is -2.34. The quantitative estimate of drug-likeness (QED) is 0.801. The third-order valence-corrected chi connectivity index (χ3v) is 3.12. The highest BCUT2D eigenvalue weighted by molar-refractivity contribution is 5.88. The van der Waals surface area contributed by atoms with Crippen molar-refractivity contribution in [2.24, 2.45) is 5.73 Å². The van der Waals surface area contributed by atoms with Gasteiger partial charge in [-0.15, -0.1) is 0 Å². The fourth-order valence-electron chi connectivity index (χ4n) is 2.05. The minimum Gasteiger partial charge on any atom is -0.480 e. The average molecular weight is 264 g/mol. The van der Waals surface area contributed by atoms with E-state index in [4.69, 9.17) is 15.6 Å². The van der Waals surface area contributed by atoms with E-state index in [2.05, 4.69) is 0 Å². The summed E-state index contributed by atoms with van der Waals surface area (Å²) in [7, 11) is 0. The molecule has 0 saturated carbocycles. The van der Waals surface area contributed by atoms with Gasteiger partial charge in [-0.2, -0.15) is 0 Å². The zero-order chi connectivity index (χ0) is 13.8. The summed E-state index contributed by atoms with van der Waals surface area (Å²) >= 11 is 0. The number of aliphatic carboxylic acids is 1. The third kappa shape index (κ3) is 2.91. The summed E-state index contributed by atoms with van der Waals surface area (Å²) in [4.78, 5) is 24.7. The van der Waals surface area contributed by atoms with Gasteiger partial charge in [0.1, 0.15) is 6.04 Å². The molecule has 6 heteroatoms. The summed E-state index contributed by atoms with van der Waals surface area (Å²) in [6, 6.07) is 7.09. The van der Waals surface area contributed by atoms with Gasteiger partial charge in [0.25, 0.3) is 0 Å². The Hall–Kier alpha value is -1.92. The summed E-state index contributed by atoms with van der Waals surface area (Å²) in [6.07, 6.45) is 0. The van der Waals surface area contributed by atoms with E-state index in [-0.39, 0.29) is 19.1 Å². The molecule has 0 bridgehead atoms. The van der Waals surface area contributed by atoms with Crippen LogP contribution in [-0.2, 0) is 14.3 Å². The van der Waals surface area contributed by atoms with Crippen LogP contribution in [0.5, 0.6) is 0 Å². The second kappa shape index (κ2) is 5.81. The van der Waals surface area contributed by atoms with Crippen LogP contribution in [0, 0.1) is 0 Å². The Bertz CT molecular complexity index is 463. The number of hydrogen-bond donors (Lipinski definition) is 2. The Kier molecular flexibility index (Phi) is 4.13. The molecule has 0 aliphatic carbocycles. The van der Waals surface area contributed by atoms with E-state index in [9.17, 15) is 9.59 Å². The second-order valence-electron chi connectivity index (χ2n) is 4.35. The third-order valence-electron chi connectivity index (χ3n) is 3.12. The molecule has 0 radical (unpaired) electrons. The zero-order valence-electron chi connectivity index (χ0n) is 10.4. The van der Waals surface area contributed by atoms with Gasteiger partial charge >= 0.3 is 5.97 Å². The smallest absolute Gasteiger partial charge is 0.328 e. The van der Waals surface area contributed by atoms with Gasteiger partial charge in [-0.05, 0) is 5.56 Å². The van der Waals surface area contributed by atoms with Gasteiger partial charge in [0.05, 0.1) is 13.2 Å². The molecule has 102 valence electrons. The van der Waals surface area contributed by atoms with Crippen LogP contribution in [0.15, 0.2) is 30.3 Å². The highest BCUT2D eigenvalue weighted by atomic mass is 16.5. The maximum absolute atomic E-state index is 12.3. The highest BCUT2D eigenvalue weighted by Crippen LogP contribution is 2.17. The molecule has 19 heavy (non-hydrogen) atoms. The van der Waals surface area contributed by atoms with Crippen molar-refractivity contribution in [2.45, 2.75) is 12.1 Å². The van der Waals surface area contributed by atoms with Crippen LogP contribution >= 0.6 is 0 Å². The van der Waals surface area contributed by atoms with E-state index < -0.39 is 18.1 Å². The van der Waals surface area contributed by atoms with Crippen LogP contribution in [0.3, 0.4) is 0 Å². The number of morpholine rings is 1. The van der Waals surface area contributed by atoms with E-state index in [0.29, 0.717) is 12.2 Å². The summed E-state index contributed by atoms with van der Waals surface area (Å²) < 4.78 is 5.09. The molecule has 2 rings (SSSR count). The summed E-state index contributed by atoms with van der Waals surface area (Å²) in [5.74, 6) is -1.46. The molecule has 1 aliphatic rings. The van der Waals surface area contributed by atoms with Crippen LogP contribution in [0.4, 0.5) is 0 Å². The lowest BCUT2D eigenvalue weighted by Crippen LogP contribution is -2.54. The first-order valence-electron chi connectivity index (χ1n) is 6.03. The van der Waals surface area contributed by atoms with Crippen molar-refractivity contribution in [3.05, 3.63) is 35.9 Å². The maximum atomic E-state index is 12.3. The predicted molar refractivity (Wildman–Crippen MR) is 67.3 cm³/mol. The minimum atomic E-state index is -1.08. The number of rotatable bonds is 3. The number of carbonyl (C=O) groups excluding carboxylic acids is 1. The predicted octanol–water partition coefficient (Wildman–Crippen LogP) is -0.00160. The van der Waals surface area contributed by atoms with Crippen molar-refractivity contribution < 1.29 is 19.4 Å². The maximum Gasteiger partial charge on any atom is 0.328 e. The number of carbonyl (C=O) groups is 2. The topological polar surface area (TPSA) is 92.9 Å². The standard InChI is InChI=1S/C13H16N2O4/c14-11(9-4-2-1-3-5-9)12(16)15-6-7-19-8-10(15)13(17)18/h1-5,10-11H,6-8,14H2,(H,17,18)/t10?,11-/m1/s1. The monoisotopic (exact) mass is 264 g/mol. The normalized spacial score (nSPS) is 20.9. The Balaban J connectivity index is 2.15. The molecule has 2 atom stereocenters. The van der Waals surface area contributed by atoms with Crippen molar-refractivity contribution in [2.75, 3.05) is 19.8 Å². The molecular formula is C13H16N2O4. The average Bonchev–Trinajstić information content (AvgIpc) is 2.46. The van der Waals surface area contributed by atoms with Gasteiger partial charge in [0.2, 0.25) is 5.91 Å². The Labute approximate surface area is 110 Å². The molecule has 1 saturated heterocycles. The molecule has 1 unspecified atom stereocenters. The first kappa shape index (κ1) is 13.5. The molecule has 1 aromatic carbocycles. The van der Waals surface area contributed by atoms with E-state index >= 15 is 0 Å². The Morgan fingerprint density at radius 3 is 2.68 bits per heavy atom. The molecular weight excluding hydrogens is 248 g/mol. The summed E-state index contributed by atoms with van der Waals surface area (Å²) in [5.41, 5.74) is 6.58. The minimum absolute atomic E-state index is 0.00256. The SMILES string of the molecule is N[C@@H](C(=O)N1CCOCC1C(=O)O)c1ccccc1. The van der Waals surface area contributed by atoms with Gasteiger partial charge in [-0.1, -0.05) is 30.3 Å². The largest absolute Gasteiger partial charge is 0.480 e. The molecule has 1 amide bonds. The Morgan fingerprint density at radius 2 is 2.05 bits per heavy atom. The van der Waals surface area contributed by atoms with Crippen LogP contribution in [0.1, 0.15) is 11.6 Å². The van der Waals surface area contributed by atoms with Crippen molar-refractivity contribution in [1.29, 1.82) is 0 Å². The molecule has 1 aliphatic heterocycles. The van der Waals surface area contributed by atoms with Gasteiger partial charge in [-0.3, -0.25) is 4.79 Å². The fourth-order valence-corrected chi connectivity index (χ4v) is 2.05. The number of ether oxygens (including phenoxy) is 1. The van der Waals surface area contributed by atoms with Crippen LogP contribution in [-0.4, -0.2) is 47.7 Å². The van der Waals surface area contributed by atoms with Crippen molar-refractivity contribution >= 4 is 11.9 Å². The van der Waals surface area contributed by atoms with Gasteiger partial charge in [0, 0.05) is 6.54 Å². The molecule has 0 spiro atoms. The Morgan fingerprint density at radius 1 is 1.37 bits per heavy atom. The number of nitrogens with two attached hydrogens (primary N) is 1. The number of benzene rings is 1. The first-order valence-corrected chi connectivity index (χ1v) is 6.03. The summed E-state index contributed by atoms with van der Waals surface area (Å²) in [5, 5.41) is 9.10. The van der Waals surface area contributed by atoms with Crippen LogP contribution in [0.2, 0.25) is 0 Å². The summed E-state index contributed by atoms with van der Waals surface area (Å²) in [6.45, 7) is 0.579. The van der Waals surface area contributed by atoms with Crippen LogP contribution in [0.25, 0.3) is 0 Å². The van der Waals surface area contributed by atoms with E-state index in [1.165, 1.54) is 4.90 Å². The number of hydrogen-bond acceptors (Lipinski definition) is 4. The molecule has 3 N–H and O–H groups in total. The lowest BCUT2D eigenvalue weighted by molar-refractivity contribution is -0.159. The lowest BCUT2D eigenvalue weighted by atomic mass is 10.1. The number of carboxylic acid groups (broad SMARTS) is 1. The molecule has 6 nitrogen and oxygen atoms in total. The molecule has 1 aromatic rings. The zero-order valence-corrected chi connectivity index (χ0v) is 10.4. The molecule has 1 heterocycles. The van der Waals surface area contributed by atoms with Crippen molar-refractivity contribution in [1.82, 2.24) is 4.90 Å². The first-order chi connectivity index (χ1) is 9.11. The van der Waals surface area contributed by atoms with E-state index in [1.54, 1.807) is 24.3 Å². The highest BCUT2D eigenvalue weighted by Gasteiger charge is 2.35. The fraction of sp³-hybridized carbons (Fsp3) is 0.385. The number of nitrogens with zero attached hydrogens (tertiary/aromatic N) is 1. The number of amides is 1. The van der Waals surface area contributed by atoms with Crippen LogP contribution < -0.4 is 5.73 Å². The van der Waals surface area contributed by atoms with Gasteiger partial charge < -0.3 is 20.5 Å². The second-order valence-corrected chi connectivity index (χ2v) is 4.35. The molecule has 1 fully saturated rings.